The van der Waals surface area contributed by atoms with Crippen LogP contribution >= 0.6 is 0 Å². The summed E-state index contributed by atoms with van der Waals surface area (Å²) < 4.78 is 7.95. The standard InChI is InChI=1S/C22H26N4O2/c1-16-6-5-11-26-14-18(25-21(16)26)15-28-20-9-3-2-8-19(20)22(27)24-13-17-7-4-10-23-12-17/h2-3,5-6,8-9,11,14,17,23H,4,7,10,12-13,15H2,1H3,(H,24,27). The molecule has 2 aromatic heterocycles. The van der Waals surface area contributed by atoms with Crippen LogP contribution in [0.1, 0.15) is 34.5 Å². The average molecular weight is 378 g/mol. The Morgan fingerprint density at radius 2 is 2.21 bits per heavy atom. The number of rotatable bonds is 6. The quantitative estimate of drug-likeness (QED) is 0.692. The summed E-state index contributed by atoms with van der Waals surface area (Å²) in [5.74, 6) is 0.981. The molecule has 1 saturated heterocycles. The third-order valence-corrected chi connectivity index (χ3v) is 5.19. The van der Waals surface area contributed by atoms with E-state index >= 15 is 0 Å². The van der Waals surface area contributed by atoms with Crippen molar-refractivity contribution >= 4 is 11.6 Å². The average Bonchev–Trinajstić information content (AvgIpc) is 3.16. The van der Waals surface area contributed by atoms with Crippen LogP contribution in [-0.4, -0.2) is 34.9 Å². The Balaban J connectivity index is 1.41. The van der Waals surface area contributed by atoms with Crippen molar-refractivity contribution in [2.24, 2.45) is 5.92 Å². The zero-order chi connectivity index (χ0) is 19.3. The minimum atomic E-state index is -0.0907. The highest BCUT2D eigenvalue weighted by Gasteiger charge is 2.17. The monoisotopic (exact) mass is 378 g/mol. The Hall–Kier alpha value is -2.86. The number of nitrogens with one attached hydrogen (secondary N) is 2. The molecule has 0 aliphatic carbocycles. The zero-order valence-electron chi connectivity index (χ0n) is 16.1. The van der Waals surface area contributed by atoms with Gasteiger partial charge in [0.05, 0.1) is 11.3 Å². The number of nitrogens with zero attached hydrogens (tertiary/aromatic N) is 2. The van der Waals surface area contributed by atoms with E-state index in [0.717, 1.165) is 36.4 Å². The summed E-state index contributed by atoms with van der Waals surface area (Å²) in [5.41, 5.74) is 3.43. The van der Waals surface area contributed by atoms with Gasteiger partial charge in [0.1, 0.15) is 18.0 Å². The molecule has 146 valence electrons. The summed E-state index contributed by atoms with van der Waals surface area (Å²) in [6, 6.07) is 11.4. The topological polar surface area (TPSA) is 67.7 Å². The highest BCUT2D eigenvalue weighted by molar-refractivity contribution is 5.96. The molecule has 28 heavy (non-hydrogen) atoms. The van der Waals surface area contributed by atoms with E-state index in [1.54, 1.807) is 6.07 Å². The lowest BCUT2D eigenvalue weighted by atomic mass is 9.99. The van der Waals surface area contributed by atoms with Crippen molar-refractivity contribution in [1.29, 1.82) is 0 Å². The van der Waals surface area contributed by atoms with Crippen LogP contribution in [0.25, 0.3) is 5.65 Å². The fraction of sp³-hybridized carbons (Fsp3) is 0.364. The number of aromatic nitrogens is 2. The minimum Gasteiger partial charge on any atom is -0.486 e. The van der Waals surface area contributed by atoms with Gasteiger partial charge in [0.25, 0.3) is 5.91 Å². The van der Waals surface area contributed by atoms with Gasteiger partial charge >= 0.3 is 0 Å². The van der Waals surface area contributed by atoms with E-state index in [9.17, 15) is 4.79 Å². The molecule has 4 rings (SSSR count). The first-order valence-corrected chi connectivity index (χ1v) is 9.84. The van der Waals surface area contributed by atoms with Crippen molar-refractivity contribution < 1.29 is 9.53 Å². The van der Waals surface area contributed by atoms with Gasteiger partial charge in [0.2, 0.25) is 0 Å². The van der Waals surface area contributed by atoms with Gasteiger partial charge in [-0.3, -0.25) is 4.79 Å². The van der Waals surface area contributed by atoms with E-state index in [1.807, 2.05) is 54.0 Å². The summed E-state index contributed by atoms with van der Waals surface area (Å²) in [6.07, 6.45) is 6.25. The molecule has 2 N–H and O–H groups in total. The van der Waals surface area contributed by atoms with Gasteiger partial charge in [-0.2, -0.15) is 0 Å². The number of imidazole rings is 1. The molecule has 0 saturated carbocycles. The van der Waals surface area contributed by atoms with E-state index in [1.165, 1.54) is 6.42 Å². The van der Waals surface area contributed by atoms with Crippen LogP contribution in [0.4, 0.5) is 0 Å². The molecule has 1 aliphatic rings. The maximum Gasteiger partial charge on any atom is 0.255 e. The SMILES string of the molecule is Cc1cccn2cc(COc3ccccc3C(=O)NCC3CCCNC3)nc12. The summed E-state index contributed by atoms with van der Waals surface area (Å²) >= 11 is 0. The number of para-hydroxylation sites is 1. The van der Waals surface area contributed by atoms with Gasteiger partial charge in [-0.05, 0) is 62.5 Å². The number of carbonyl (C=O) groups excluding carboxylic acids is 1. The fourth-order valence-electron chi connectivity index (χ4n) is 3.64. The van der Waals surface area contributed by atoms with Crippen molar-refractivity contribution in [2.45, 2.75) is 26.4 Å². The Bertz CT molecular complexity index is 960. The lowest BCUT2D eigenvalue weighted by molar-refractivity contribution is 0.0940. The van der Waals surface area contributed by atoms with Crippen LogP contribution in [0, 0.1) is 12.8 Å². The number of pyridine rings is 1. The molecule has 1 unspecified atom stereocenters. The molecular formula is C22H26N4O2. The van der Waals surface area contributed by atoms with Gasteiger partial charge < -0.3 is 19.8 Å². The predicted octanol–water partition coefficient (Wildman–Crippen LogP) is 2.95. The van der Waals surface area contributed by atoms with Gasteiger partial charge in [0.15, 0.2) is 0 Å². The Kier molecular flexibility index (Phi) is 5.58. The highest BCUT2D eigenvalue weighted by Crippen LogP contribution is 2.20. The van der Waals surface area contributed by atoms with Crippen molar-refractivity contribution in [3.63, 3.8) is 0 Å². The number of fused-ring (bicyclic) bond motifs is 1. The zero-order valence-corrected chi connectivity index (χ0v) is 16.1. The lowest BCUT2D eigenvalue weighted by Crippen LogP contribution is -2.38. The van der Waals surface area contributed by atoms with E-state index in [0.29, 0.717) is 30.4 Å². The minimum absolute atomic E-state index is 0.0907. The van der Waals surface area contributed by atoms with Crippen LogP contribution in [0.5, 0.6) is 5.75 Å². The first kappa shape index (κ1) is 18.5. The number of amides is 1. The van der Waals surface area contributed by atoms with E-state index in [2.05, 4.69) is 15.6 Å². The van der Waals surface area contributed by atoms with Crippen LogP contribution in [0.2, 0.25) is 0 Å². The smallest absolute Gasteiger partial charge is 0.255 e. The number of hydrogen-bond acceptors (Lipinski definition) is 4. The van der Waals surface area contributed by atoms with Crippen LogP contribution in [0.3, 0.4) is 0 Å². The number of carbonyl (C=O) groups is 1. The number of aryl methyl sites for hydroxylation is 1. The van der Waals surface area contributed by atoms with Crippen LogP contribution in [-0.2, 0) is 6.61 Å². The molecule has 6 heteroatoms. The highest BCUT2D eigenvalue weighted by atomic mass is 16.5. The van der Waals surface area contributed by atoms with Crippen molar-refractivity contribution in [3.05, 3.63) is 65.6 Å². The fourth-order valence-corrected chi connectivity index (χ4v) is 3.64. The van der Waals surface area contributed by atoms with E-state index < -0.39 is 0 Å². The number of benzene rings is 1. The molecular weight excluding hydrogens is 352 g/mol. The number of ether oxygens (including phenoxy) is 1. The second-order valence-electron chi connectivity index (χ2n) is 7.36. The van der Waals surface area contributed by atoms with Gasteiger partial charge in [0, 0.05) is 18.9 Å². The van der Waals surface area contributed by atoms with Gasteiger partial charge in [-0.25, -0.2) is 4.98 Å². The molecule has 1 atom stereocenters. The third-order valence-electron chi connectivity index (χ3n) is 5.19. The first-order valence-electron chi connectivity index (χ1n) is 9.84. The molecule has 1 aromatic carbocycles. The Labute approximate surface area is 164 Å². The second-order valence-corrected chi connectivity index (χ2v) is 7.36. The van der Waals surface area contributed by atoms with Crippen LogP contribution in [0.15, 0.2) is 48.8 Å². The maximum absolute atomic E-state index is 12.7. The van der Waals surface area contributed by atoms with Gasteiger partial charge in [-0.15, -0.1) is 0 Å². The largest absolute Gasteiger partial charge is 0.486 e. The maximum atomic E-state index is 12.7. The lowest BCUT2D eigenvalue weighted by Gasteiger charge is -2.23. The number of piperidine rings is 1. The van der Waals surface area contributed by atoms with E-state index in [4.69, 9.17) is 4.74 Å². The summed E-state index contributed by atoms with van der Waals surface area (Å²) in [4.78, 5) is 17.3. The predicted molar refractivity (Wildman–Crippen MR) is 109 cm³/mol. The molecule has 1 aliphatic heterocycles. The molecule has 1 fully saturated rings. The first-order chi connectivity index (χ1) is 13.7. The normalized spacial score (nSPS) is 16.8. The summed E-state index contributed by atoms with van der Waals surface area (Å²) in [5, 5.41) is 6.44. The Morgan fingerprint density at radius 3 is 3.04 bits per heavy atom. The molecule has 0 spiro atoms. The second kappa shape index (κ2) is 8.44. The number of hydrogen-bond donors (Lipinski definition) is 2. The Morgan fingerprint density at radius 1 is 1.32 bits per heavy atom. The summed E-state index contributed by atoms with van der Waals surface area (Å²) in [6.45, 7) is 5.08. The van der Waals surface area contributed by atoms with Crippen molar-refractivity contribution in [1.82, 2.24) is 20.0 Å². The summed E-state index contributed by atoms with van der Waals surface area (Å²) in [7, 11) is 0. The molecule has 3 heterocycles. The van der Waals surface area contributed by atoms with E-state index in [-0.39, 0.29) is 5.91 Å². The molecule has 1 amide bonds. The molecule has 6 nitrogen and oxygen atoms in total. The molecule has 3 aromatic rings. The van der Waals surface area contributed by atoms with Gasteiger partial charge in [-0.1, -0.05) is 18.2 Å². The molecule has 0 bridgehead atoms. The third kappa shape index (κ3) is 4.17. The van der Waals surface area contributed by atoms with Crippen molar-refractivity contribution in [2.75, 3.05) is 19.6 Å². The van der Waals surface area contributed by atoms with Crippen LogP contribution < -0.4 is 15.4 Å². The van der Waals surface area contributed by atoms with Crippen molar-refractivity contribution in [3.8, 4) is 5.75 Å². The molecule has 0 radical (unpaired) electrons.